The number of hydrogen-bond donors (Lipinski definition) is 1. The zero-order valence-corrected chi connectivity index (χ0v) is 16.9. The van der Waals surface area contributed by atoms with Gasteiger partial charge in [0.1, 0.15) is 5.83 Å². The first kappa shape index (κ1) is 20.3. The van der Waals surface area contributed by atoms with E-state index in [1.54, 1.807) is 13.0 Å². The number of nitrogens with zero attached hydrogens (tertiary/aromatic N) is 2. The minimum atomic E-state index is -0.343. The summed E-state index contributed by atoms with van der Waals surface area (Å²) in [5.74, 6) is -0.120. The average molecular weight is 385 g/mol. The summed E-state index contributed by atoms with van der Waals surface area (Å²) in [5.41, 5.74) is 3.99. The Labute approximate surface area is 171 Å². The van der Waals surface area contributed by atoms with Crippen LogP contribution in [-0.4, -0.2) is 12.3 Å². The number of nitrogens with one attached hydrogen (secondary N) is 1. The second-order valence-electron chi connectivity index (χ2n) is 7.25. The van der Waals surface area contributed by atoms with Crippen molar-refractivity contribution in [1.82, 2.24) is 0 Å². The summed E-state index contributed by atoms with van der Waals surface area (Å²) in [6.07, 6.45) is 12.6. The molecule has 3 nitrogen and oxygen atoms in total. The van der Waals surface area contributed by atoms with Crippen LogP contribution in [0, 0.1) is 17.2 Å². The number of hydrogen-bond acceptors (Lipinski definition) is 3. The Morgan fingerprint density at radius 2 is 1.97 bits per heavy atom. The summed E-state index contributed by atoms with van der Waals surface area (Å²) in [4.78, 5) is 4.45. The van der Waals surface area contributed by atoms with Crippen LogP contribution < -0.4 is 5.32 Å². The first-order chi connectivity index (χ1) is 14.0. The van der Waals surface area contributed by atoms with Gasteiger partial charge in [-0.3, -0.25) is 4.99 Å². The van der Waals surface area contributed by atoms with E-state index in [-0.39, 0.29) is 17.8 Å². The number of anilines is 1. The number of nitriles is 1. The molecule has 0 amide bonds. The van der Waals surface area contributed by atoms with Gasteiger partial charge in [0.25, 0.3) is 0 Å². The molecule has 29 heavy (non-hydrogen) atoms. The molecule has 1 aromatic carbocycles. The van der Waals surface area contributed by atoms with Crippen LogP contribution in [0.15, 0.2) is 106 Å². The van der Waals surface area contributed by atoms with Gasteiger partial charge >= 0.3 is 0 Å². The number of benzene rings is 1. The van der Waals surface area contributed by atoms with Gasteiger partial charge in [0.15, 0.2) is 0 Å². The SMILES string of the molecule is CC1=CC(C)=C(F)C=C(/C(C#N)=C/C2=CC=CC(C)C=N2)C1Nc1ccccc1. The summed E-state index contributed by atoms with van der Waals surface area (Å²) in [5, 5.41) is 13.3. The van der Waals surface area contributed by atoms with Crippen LogP contribution in [0.5, 0.6) is 0 Å². The number of halogens is 1. The summed E-state index contributed by atoms with van der Waals surface area (Å²) in [7, 11) is 0. The van der Waals surface area contributed by atoms with Crippen LogP contribution in [0.1, 0.15) is 20.8 Å². The van der Waals surface area contributed by atoms with Crippen molar-refractivity contribution in [2.45, 2.75) is 26.8 Å². The van der Waals surface area contributed by atoms with E-state index in [0.29, 0.717) is 22.4 Å². The Hall–Kier alpha value is -3.45. The molecule has 0 bridgehead atoms. The molecule has 0 saturated carbocycles. The molecule has 0 fully saturated rings. The maximum atomic E-state index is 14.7. The Morgan fingerprint density at radius 1 is 1.21 bits per heavy atom. The molecule has 3 rings (SSSR count). The topological polar surface area (TPSA) is 48.2 Å². The highest BCUT2D eigenvalue weighted by Gasteiger charge is 2.23. The molecule has 2 atom stereocenters. The van der Waals surface area contributed by atoms with Gasteiger partial charge in [-0.05, 0) is 60.9 Å². The van der Waals surface area contributed by atoms with Crippen LogP contribution in [-0.2, 0) is 0 Å². The van der Waals surface area contributed by atoms with E-state index in [4.69, 9.17) is 0 Å². The van der Waals surface area contributed by atoms with Gasteiger partial charge in [-0.1, -0.05) is 43.4 Å². The molecule has 1 heterocycles. The Morgan fingerprint density at radius 3 is 2.69 bits per heavy atom. The molecule has 1 aliphatic carbocycles. The summed E-state index contributed by atoms with van der Waals surface area (Å²) in [6.45, 7) is 5.72. The summed E-state index contributed by atoms with van der Waals surface area (Å²) < 4.78 is 14.7. The molecular weight excluding hydrogens is 361 g/mol. The molecule has 2 unspecified atom stereocenters. The fourth-order valence-corrected chi connectivity index (χ4v) is 3.24. The lowest BCUT2D eigenvalue weighted by molar-refractivity contribution is 0.657. The van der Waals surface area contributed by atoms with Crippen molar-refractivity contribution < 1.29 is 4.39 Å². The molecule has 4 heteroatoms. The lowest BCUT2D eigenvalue weighted by Gasteiger charge is -2.23. The van der Waals surface area contributed by atoms with E-state index in [0.717, 1.165) is 11.3 Å². The van der Waals surface area contributed by atoms with Gasteiger partial charge < -0.3 is 5.32 Å². The highest BCUT2D eigenvalue weighted by atomic mass is 19.1. The van der Waals surface area contributed by atoms with E-state index in [1.807, 2.05) is 74.7 Å². The molecule has 0 aromatic heterocycles. The van der Waals surface area contributed by atoms with Crippen molar-refractivity contribution in [3.63, 3.8) is 0 Å². The van der Waals surface area contributed by atoms with E-state index >= 15 is 0 Å². The van der Waals surface area contributed by atoms with Crippen LogP contribution in [0.2, 0.25) is 0 Å². The Balaban J connectivity index is 2.06. The standard InChI is InChI=1S/C25H24FN3/c1-17-8-7-11-22(28-16-17)13-20(15-27)23-14-24(26)18(2)12-19(3)25(23)29-21-9-5-4-6-10-21/h4-14,16-17,25,29H,1-3H3/b20-13+. The van der Waals surface area contributed by atoms with Crippen molar-refractivity contribution in [3.8, 4) is 6.07 Å². The van der Waals surface area contributed by atoms with E-state index < -0.39 is 0 Å². The highest BCUT2D eigenvalue weighted by molar-refractivity contribution is 5.67. The number of rotatable bonds is 4. The van der Waals surface area contributed by atoms with Gasteiger partial charge in [0.05, 0.1) is 23.4 Å². The van der Waals surface area contributed by atoms with E-state index in [2.05, 4.69) is 16.4 Å². The van der Waals surface area contributed by atoms with Crippen LogP contribution >= 0.6 is 0 Å². The van der Waals surface area contributed by atoms with E-state index in [9.17, 15) is 9.65 Å². The second-order valence-corrected chi connectivity index (χ2v) is 7.25. The maximum absolute atomic E-state index is 14.7. The molecule has 146 valence electrons. The average Bonchev–Trinajstić information content (AvgIpc) is 2.98. The van der Waals surface area contributed by atoms with Crippen molar-refractivity contribution in [2.24, 2.45) is 10.9 Å². The number of para-hydroxylation sites is 1. The Kier molecular flexibility index (Phi) is 6.41. The van der Waals surface area contributed by atoms with Crippen LogP contribution in [0.4, 0.5) is 10.1 Å². The third-order valence-corrected chi connectivity index (χ3v) is 4.82. The molecule has 0 radical (unpaired) electrons. The predicted octanol–water partition coefficient (Wildman–Crippen LogP) is 6.21. The monoisotopic (exact) mass is 385 g/mol. The van der Waals surface area contributed by atoms with Gasteiger partial charge in [-0.15, -0.1) is 0 Å². The summed E-state index contributed by atoms with van der Waals surface area (Å²) >= 11 is 0. The third kappa shape index (κ3) is 5.08. The molecule has 1 aliphatic heterocycles. The lowest BCUT2D eigenvalue weighted by atomic mass is 9.93. The number of aliphatic imine (C=N–C) groups is 1. The minimum absolute atomic E-state index is 0.223. The fraction of sp³-hybridized carbons (Fsp3) is 0.200. The molecule has 1 aromatic rings. The Bertz CT molecular complexity index is 1030. The zero-order valence-electron chi connectivity index (χ0n) is 16.9. The molecule has 2 aliphatic rings. The van der Waals surface area contributed by atoms with Crippen molar-refractivity contribution in [3.05, 3.63) is 101 Å². The molecule has 1 N–H and O–H groups in total. The summed E-state index contributed by atoms with van der Waals surface area (Å²) in [6, 6.07) is 11.6. The number of allylic oxidation sites excluding steroid dienone is 8. The highest BCUT2D eigenvalue weighted by Crippen LogP contribution is 2.31. The fourth-order valence-electron chi connectivity index (χ4n) is 3.24. The van der Waals surface area contributed by atoms with Gasteiger partial charge in [0.2, 0.25) is 0 Å². The molecule has 0 saturated heterocycles. The van der Waals surface area contributed by atoms with Crippen molar-refractivity contribution >= 4 is 11.9 Å². The zero-order chi connectivity index (χ0) is 20.8. The predicted molar refractivity (Wildman–Crippen MR) is 118 cm³/mol. The largest absolute Gasteiger partial charge is 0.374 e. The van der Waals surface area contributed by atoms with Gasteiger partial charge in [-0.2, -0.15) is 5.26 Å². The lowest BCUT2D eigenvalue weighted by Crippen LogP contribution is -2.24. The first-order valence-electron chi connectivity index (χ1n) is 9.60. The third-order valence-electron chi connectivity index (χ3n) is 4.82. The smallest absolute Gasteiger partial charge is 0.126 e. The van der Waals surface area contributed by atoms with Crippen LogP contribution in [0.3, 0.4) is 0 Å². The van der Waals surface area contributed by atoms with Gasteiger partial charge in [-0.25, -0.2) is 4.39 Å². The van der Waals surface area contributed by atoms with E-state index in [1.165, 1.54) is 6.08 Å². The molecular formula is C25H24FN3. The van der Waals surface area contributed by atoms with Crippen molar-refractivity contribution in [2.75, 3.05) is 5.32 Å². The first-order valence-corrected chi connectivity index (χ1v) is 9.60. The molecule has 0 spiro atoms. The maximum Gasteiger partial charge on any atom is 0.126 e. The minimum Gasteiger partial charge on any atom is -0.374 e. The van der Waals surface area contributed by atoms with Crippen LogP contribution in [0.25, 0.3) is 0 Å². The second kappa shape index (κ2) is 9.16. The normalized spacial score (nSPS) is 22.2. The van der Waals surface area contributed by atoms with Gasteiger partial charge in [0, 0.05) is 17.8 Å². The quantitative estimate of drug-likeness (QED) is 0.627. The van der Waals surface area contributed by atoms with Crippen molar-refractivity contribution in [1.29, 1.82) is 5.26 Å².